The van der Waals surface area contributed by atoms with Gasteiger partial charge in [-0.1, -0.05) is 43.1 Å². The molecule has 224 valence electrons. The predicted molar refractivity (Wildman–Crippen MR) is 141 cm³/mol. The molecule has 8 nitrogen and oxygen atoms in total. The number of carbonyl (C=O) groups excluding carboxylic acids is 2. The third kappa shape index (κ3) is 6.70. The lowest BCUT2D eigenvalue weighted by molar-refractivity contribution is -0.137. The molecule has 0 bridgehead atoms. The maximum atomic E-state index is 13.1. The van der Waals surface area contributed by atoms with E-state index in [1.165, 1.54) is 36.3 Å². The Kier molecular flexibility index (Phi) is 8.35. The average molecular weight is 635 g/mol. The largest absolute Gasteiger partial charge is 0.426 e. The highest BCUT2D eigenvalue weighted by Gasteiger charge is 2.61. The zero-order valence-corrected chi connectivity index (χ0v) is 23.5. The van der Waals surface area contributed by atoms with E-state index in [0.717, 1.165) is 12.1 Å². The van der Waals surface area contributed by atoms with Crippen LogP contribution in [0.25, 0.3) is 5.82 Å². The minimum Gasteiger partial charge on any atom is -0.342 e. The highest BCUT2D eigenvalue weighted by molar-refractivity contribution is 6.31. The van der Waals surface area contributed by atoms with Crippen LogP contribution in [0.1, 0.15) is 48.6 Å². The number of rotatable bonds is 7. The number of carbonyl (C=O) groups is 2. The Morgan fingerprint density at radius 2 is 1.79 bits per heavy atom. The first-order valence-corrected chi connectivity index (χ1v) is 13.0. The topological polar surface area (TPSA) is 102 Å². The molecule has 4 rings (SSSR count). The average Bonchev–Trinajstić information content (AvgIpc) is 3.19. The summed E-state index contributed by atoms with van der Waals surface area (Å²) in [4.78, 5) is 33.8. The third-order valence-electron chi connectivity index (χ3n) is 6.82. The van der Waals surface area contributed by atoms with Gasteiger partial charge in [-0.3, -0.25) is 9.59 Å². The Balaban J connectivity index is 1.44. The van der Waals surface area contributed by atoms with E-state index in [2.05, 4.69) is 25.7 Å². The van der Waals surface area contributed by atoms with Gasteiger partial charge in [-0.15, -0.1) is 0 Å². The van der Waals surface area contributed by atoms with E-state index in [1.54, 1.807) is 13.8 Å². The van der Waals surface area contributed by atoms with E-state index >= 15 is 0 Å². The van der Waals surface area contributed by atoms with Gasteiger partial charge in [-0.25, -0.2) is 9.97 Å². The Bertz CT molecular complexity index is 1540. The van der Waals surface area contributed by atoms with Gasteiger partial charge in [-0.05, 0) is 48.6 Å². The molecule has 0 aliphatic heterocycles. The minimum absolute atomic E-state index is 0.196. The van der Waals surface area contributed by atoms with Crippen LogP contribution in [-0.2, 0) is 11.0 Å². The van der Waals surface area contributed by atoms with Gasteiger partial charge in [0.05, 0.1) is 29.4 Å². The van der Waals surface area contributed by atoms with Crippen LogP contribution in [0, 0.1) is 17.3 Å². The lowest BCUT2D eigenvalue weighted by Crippen LogP contribution is -2.29. The number of amides is 2. The first-order chi connectivity index (χ1) is 19.4. The molecule has 1 saturated carbocycles. The molecule has 3 aromatic rings. The number of benzene rings is 1. The van der Waals surface area contributed by atoms with Gasteiger partial charge in [0.25, 0.3) is 5.91 Å². The molecule has 2 heterocycles. The molecule has 0 radical (unpaired) electrons. The molecule has 2 amide bonds. The lowest BCUT2D eigenvalue weighted by Gasteiger charge is -2.15. The van der Waals surface area contributed by atoms with Crippen molar-refractivity contribution in [1.29, 1.82) is 0 Å². The van der Waals surface area contributed by atoms with Crippen molar-refractivity contribution in [2.24, 2.45) is 17.3 Å². The van der Waals surface area contributed by atoms with E-state index < -0.39 is 58.1 Å². The molecular weight excluding hydrogens is 613 g/mol. The van der Waals surface area contributed by atoms with Gasteiger partial charge < -0.3 is 10.6 Å². The SMILES string of the molecule is C[C@H](NC(=O)c1cc(Cl)cc(C(F)(F)F)c1)c1ncnn1-c1ccc(NC(=O)C2C(/C=C(\Cl)C(F)(F)F)C2(C)C)cn1. The second-order valence-electron chi connectivity index (χ2n) is 10.2. The van der Waals surface area contributed by atoms with Gasteiger partial charge in [0.15, 0.2) is 11.6 Å². The number of aromatic nitrogens is 4. The second-order valence-corrected chi connectivity index (χ2v) is 11.0. The van der Waals surface area contributed by atoms with Gasteiger partial charge in [0, 0.05) is 10.6 Å². The third-order valence-corrected chi connectivity index (χ3v) is 7.38. The fourth-order valence-electron chi connectivity index (χ4n) is 4.50. The zero-order chi connectivity index (χ0) is 31.2. The van der Waals surface area contributed by atoms with Crippen molar-refractivity contribution >= 4 is 40.7 Å². The smallest absolute Gasteiger partial charge is 0.342 e. The van der Waals surface area contributed by atoms with Crippen molar-refractivity contribution in [1.82, 2.24) is 25.1 Å². The van der Waals surface area contributed by atoms with Crippen LogP contribution in [0.15, 0.2) is 54.0 Å². The number of allylic oxidation sites excluding steroid dienone is 2. The molecule has 3 atom stereocenters. The Morgan fingerprint density at radius 3 is 2.38 bits per heavy atom. The number of hydrogen-bond acceptors (Lipinski definition) is 5. The maximum Gasteiger partial charge on any atom is 0.426 e. The summed E-state index contributed by atoms with van der Waals surface area (Å²) in [5.74, 6) is -2.36. The summed E-state index contributed by atoms with van der Waals surface area (Å²) in [5.41, 5.74) is -1.85. The molecule has 1 aromatic carbocycles. The summed E-state index contributed by atoms with van der Waals surface area (Å²) >= 11 is 11.1. The van der Waals surface area contributed by atoms with E-state index in [9.17, 15) is 35.9 Å². The fourth-order valence-corrected chi connectivity index (χ4v) is 4.87. The molecule has 1 fully saturated rings. The van der Waals surface area contributed by atoms with Crippen molar-refractivity contribution in [2.45, 2.75) is 39.2 Å². The zero-order valence-electron chi connectivity index (χ0n) is 22.0. The van der Waals surface area contributed by atoms with Gasteiger partial charge >= 0.3 is 12.4 Å². The Hall–Kier alpha value is -3.65. The first kappa shape index (κ1) is 31.3. The molecule has 16 heteroatoms. The van der Waals surface area contributed by atoms with Crippen LogP contribution < -0.4 is 10.6 Å². The molecule has 42 heavy (non-hydrogen) atoms. The minimum atomic E-state index is -4.70. The number of pyridine rings is 1. The highest BCUT2D eigenvalue weighted by Crippen LogP contribution is 2.60. The highest BCUT2D eigenvalue weighted by atomic mass is 35.5. The molecule has 0 saturated heterocycles. The predicted octanol–water partition coefficient (Wildman–Crippen LogP) is 6.72. The summed E-state index contributed by atoms with van der Waals surface area (Å²) < 4.78 is 79.1. The molecular formula is C26H22Cl2F6N6O2. The summed E-state index contributed by atoms with van der Waals surface area (Å²) in [6.07, 6.45) is -6.06. The standard InChI is InChI=1S/C26H22Cl2F6N6O2/c1-12(38-22(41)13-6-14(25(29,30)31)8-15(27)7-13)21-36-11-37-40(21)19-5-4-16(10-35-19)39-23(42)20-17(24(20,2)3)9-18(28)26(32,33)34/h4-12,17,20H,1-3H3,(H,38,41)(H,39,42)/b18-9-/t12-,17?,20?/m0/s1. The van der Waals surface area contributed by atoms with Crippen molar-refractivity contribution in [3.63, 3.8) is 0 Å². The first-order valence-electron chi connectivity index (χ1n) is 12.2. The molecule has 1 aliphatic carbocycles. The van der Waals surface area contributed by atoms with Gasteiger partial charge in [0.2, 0.25) is 5.91 Å². The molecule has 2 unspecified atom stereocenters. The number of anilines is 1. The molecule has 1 aliphatic rings. The lowest BCUT2D eigenvalue weighted by atomic mass is 10.1. The fraction of sp³-hybridized carbons (Fsp3) is 0.346. The van der Waals surface area contributed by atoms with Crippen molar-refractivity contribution in [3.8, 4) is 5.82 Å². The van der Waals surface area contributed by atoms with Crippen molar-refractivity contribution in [2.75, 3.05) is 5.32 Å². The van der Waals surface area contributed by atoms with E-state index in [1.807, 2.05) is 0 Å². The van der Waals surface area contributed by atoms with Crippen LogP contribution in [0.5, 0.6) is 0 Å². The summed E-state index contributed by atoms with van der Waals surface area (Å²) in [6.45, 7) is 4.86. The molecule has 2 aromatic heterocycles. The Labute approximate surface area is 245 Å². The number of nitrogens with zero attached hydrogens (tertiary/aromatic N) is 4. The quantitative estimate of drug-likeness (QED) is 0.281. The van der Waals surface area contributed by atoms with Gasteiger partial charge in [-0.2, -0.15) is 36.1 Å². The second kappa shape index (κ2) is 11.2. The number of alkyl halides is 6. The van der Waals surface area contributed by atoms with Crippen LogP contribution in [0.2, 0.25) is 5.02 Å². The summed E-state index contributed by atoms with van der Waals surface area (Å²) in [7, 11) is 0. The Morgan fingerprint density at radius 1 is 1.10 bits per heavy atom. The van der Waals surface area contributed by atoms with Crippen LogP contribution in [0.4, 0.5) is 32.0 Å². The van der Waals surface area contributed by atoms with Crippen LogP contribution in [-0.4, -0.2) is 37.7 Å². The van der Waals surface area contributed by atoms with Crippen LogP contribution in [0.3, 0.4) is 0 Å². The van der Waals surface area contributed by atoms with E-state index in [0.29, 0.717) is 12.1 Å². The number of nitrogens with one attached hydrogen (secondary N) is 2. The normalized spacial score (nSPS) is 19.3. The van der Waals surface area contributed by atoms with Crippen molar-refractivity contribution in [3.05, 3.63) is 75.9 Å². The number of halogens is 8. The summed E-state index contributed by atoms with van der Waals surface area (Å²) in [5, 5.41) is 7.71. The molecule has 2 N–H and O–H groups in total. The molecule has 0 spiro atoms. The monoisotopic (exact) mass is 634 g/mol. The summed E-state index contributed by atoms with van der Waals surface area (Å²) in [6, 6.07) is 4.62. The van der Waals surface area contributed by atoms with Gasteiger partial charge in [0.1, 0.15) is 11.4 Å². The maximum absolute atomic E-state index is 13.1. The van der Waals surface area contributed by atoms with E-state index in [4.69, 9.17) is 23.2 Å². The number of hydrogen-bond donors (Lipinski definition) is 2. The van der Waals surface area contributed by atoms with E-state index in [-0.39, 0.29) is 27.9 Å². The van der Waals surface area contributed by atoms with Crippen molar-refractivity contribution < 1.29 is 35.9 Å². The van der Waals surface area contributed by atoms with Crippen LogP contribution >= 0.6 is 23.2 Å².